The number of rotatable bonds is 4. The van der Waals surface area contributed by atoms with Crippen LogP contribution >= 0.6 is 0 Å². The third kappa shape index (κ3) is 3.33. The number of carbonyl (C=O) groups excluding carboxylic acids is 1. The molecule has 1 aromatic rings. The van der Waals surface area contributed by atoms with Crippen LogP contribution in [-0.4, -0.2) is 12.5 Å². The number of nitriles is 1. The van der Waals surface area contributed by atoms with Gasteiger partial charge in [0.2, 0.25) is 5.91 Å². The van der Waals surface area contributed by atoms with Crippen molar-refractivity contribution in [3.63, 3.8) is 0 Å². The number of nitrogens with zero attached hydrogens (tertiary/aromatic N) is 1. The van der Waals surface area contributed by atoms with Crippen LogP contribution in [0.1, 0.15) is 24.8 Å². The monoisotopic (exact) mass is 257 g/mol. The Balaban J connectivity index is 1.97. The molecule has 1 aromatic carbocycles. The minimum atomic E-state index is 0.0452. The summed E-state index contributed by atoms with van der Waals surface area (Å²) in [4.78, 5) is 12.2. The third-order valence-electron chi connectivity index (χ3n) is 3.80. The van der Waals surface area contributed by atoms with E-state index in [1.807, 2.05) is 24.3 Å². The van der Waals surface area contributed by atoms with E-state index in [2.05, 4.69) is 11.4 Å². The highest BCUT2D eigenvalue weighted by Gasteiger charge is 2.31. The average molecular weight is 257 g/mol. The van der Waals surface area contributed by atoms with E-state index in [4.69, 9.17) is 11.0 Å². The summed E-state index contributed by atoms with van der Waals surface area (Å²) < 4.78 is 0. The highest BCUT2D eigenvalue weighted by atomic mass is 16.1. The summed E-state index contributed by atoms with van der Waals surface area (Å²) in [5, 5.41) is 11.5. The van der Waals surface area contributed by atoms with Gasteiger partial charge in [0.1, 0.15) is 0 Å². The first-order chi connectivity index (χ1) is 9.24. The smallest absolute Gasteiger partial charge is 0.227 e. The highest BCUT2D eigenvalue weighted by molar-refractivity contribution is 5.92. The molecule has 1 aliphatic rings. The minimum absolute atomic E-state index is 0.0452. The summed E-state index contributed by atoms with van der Waals surface area (Å²) in [6, 6.07) is 9.53. The van der Waals surface area contributed by atoms with Crippen molar-refractivity contribution in [3.8, 4) is 6.07 Å². The van der Waals surface area contributed by atoms with Gasteiger partial charge in [-0.1, -0.05) is 18.6 Å². The first kappa shape index (κ1) is 13.6. The number of nitrogens with one attached hydrogen (secondary N) is 1. The lowest BCUT2D eigenvalue weighted by Gasteiger charge is -2.17. The number of anilines is 1. The predicted molar refractivity (Wildman–Crippen MR) is 74.3 cm³/mol. The second-order valence-corrected chi connectivity index (χ2v) is 5.05. The molecule has 0 heterocycles. The van der Waals surface area contributed by atoms with Crippen molar-refractivity contribution in [3.05, 3.63) is 29.8 Å². The molecule has 19 heavy (non-hydrogen) atoms. The summed E-state index contributed by atoms with van der Waals surface area (Å²) in [7, 11) is 0. The molecule has 0 radical (unpaired) electrons. The van der Waals surface area contributed by atoms with Crippen molar-refractivity contribution >= 4 is 11.6 Å². The second-order valence-electron chi connectivity index (χ2n) is 5.05. The minimum Gasteiger partial charge on any atom is -0.330 e. The first-order valence-electron chi connectivity index (χ1n) is 6.71. The van der Waals surface area contributed by atoms with Crippen LogP contribution in [0.4, 0.5) is 5.69 Å². The molecule has 4 heteroatoms. The molecule has 0 spiro atoms. The highest BCUT2D eigenvalue weighted by Crippen LogP contribution is 2.31. The van der Waals surface area contributed by atoms with Crippen molar-refractivity contribution in [1.29, 1.82) is 5.26 Å². The van der Waals surface area contributed by atoms with Crippen LogP contribution in [0.5, 0.6) is 0 Å². The van der Waals surface area contributed by atoms with Gasteiger partial charge in [0.25, 0.3) is 0 Å². The van der Waals surface area contributed by atoms with E-state index in [0.29, 0.717) is 18.9 Å². The first-order valence-corrected chi connectivity index (χ1v) is 6.71. The number of hydrogen-bond acceptors (Lipinski definition) is 3. The molecule has 1 aliphatic carbocycles. The summed E-state index contributed by atoms with van der Waals surface area (Å²) in [6.07, 6.45) is 3.46. The van der Waals surface area contributed by atoms with Crippen LogP contribution in [0.2, 0.25) is 0 Å². The summed E-state index contributed by atoms with van der Waals surface area (Å²) in [5.74, 6) is 0.433. The zero-order chi connectivity index (χ0) is 13.7. The molecule has 2 unspecified atom stereocenters. The van der Waals surface area contributed by atoms with Crippen molar-refractivity contribution in [1.82, 2.24) is 0 Å². The Bertz CT molecular complexity index is 475. The maximum absolute atomic E-state index is 12.2. The molecule has 3 N–H and O–H groups in total. The molecule has 0 saturated heterocycles. The van der Waals surface area contributed by atoms with Gasteiger partial charge in [-0.05, 0) is 43.0 Å². The Kier molecular flexibility index (Phi) is 4.53. The van der Waals surface area contributed by atoms with E-state index in [1.165, 1.54) is 0 Å². The lowest BCUT2D eigenvalue weighted by molar-refractivity contribution is -0.120. The predicted octanol–water partition coefficient (Wildman–Crippen LogP) is 2.07. The quantitative estimate of drug-likeness (QED) is 0.866. The van der Waals surface area contributed by atoms with E-state index < -0.39 is 0 Å². The van der Waals surface area contributed by atoms with Crippen molar-refractivity contribution in [2.24, 2.45) is 17.6 Å². The van der Waals surface area contributed by atoms with E-state index in [0.717, 1.165) is 30.5 Å². The van der Waals surface area contributed by atoms with Crippen LogP contribution < -0.4 is 11.1 Å². The van der Waals surface area contributed by atoms with Gasteiger partial charge in [-0.25, -0.2) is 0 Å². The average Bonchev–Trinajstić information content (AvgIpc) is 2.90. The van der Waals surface area contributed by atoms with Gasteiger partial charge in [0, 0.05) is 11.6 Å². The molecule has 100 valence electrons. The molecule has 1 saturated carbocycles. The molecular formula is C15H19N3O. The van der Waals surface area contributed by atoms with Crippen molar-refractivity contribution < 1.29 is 4.79 Å². The molecule has 0 aliphatic heterocycles. The van der Waals surface area contributed by atoms with Crippen LogP contribution in [0.25, 0.3) is 0 Å². The van der Waals surface area contributed by atoms with Gasteiger partial charge < -0.3 is 11.1 Å². The Morgan fingerprint density at radius 1 is 1.37 bits per heavy atom. The van der Waals surface area contributed by atoms with Crippen LogP contribution in [-0.2, 0) is 11.2 Å². The van der Waals surface area contributed by atoms with E-state index in [9.17, 15) is 4.79 Å². The zero-order valence-electron chi connectivity index (χ0n) is 10.9. The summed E-state index contributed by atoms with van der Waals surface area (Å²) >= 11 is 0. The Morgan fingerprint density at radius 3 is 2.74 bits per heavy atom. The van der Waals surface area contributed by atoms with Gasteiger partial charge in [-0.3, -0.25) is 4.79 Å². The molecule has 1 amide bonds. The van der Waals surface area contributed by atoms with Gasteiger partial charge in [-0.2, -0.15) is 5.26 Å². The van der Waals surface area contributed by atoms with Crippen LogP contribution in [0.3, 0.4) is 0 Å². The van der Waals surface area contributed by atoms with Crippen molar-refractivity contribution in [2.75, 3.05) is 11.9 Å². The molecule has 2 atom stereocenters. The fourth-order valence-corrected chi connectivity index (χ4v) is 2.70. The molecule has 0 bridgehead atoms. The molecular weight excluding hydrogens is 238 g/mol. The van der Waals surface area contributed by atoms with Gasteiger partial charge in [-0.15, -0.1) is 0 Å². The maximum atomic E-state index is 12.2. The fourth-order valence-electron chi connectivity index (χ4n) is 2.70. The Morgan fingerprint density at radius 2 is 2.11 bits per heavy atom. The zero-order valence-corrected chi connectivity index (χ0v) is 10.9. The lowest BCUT2D eigenvalue weighted by Crippen LogP contribution is -2.29. The second kappa shape index (κ2) is 6.35. The van der Waals surface area contributed by atoms with E-state index in [-0.39, 0.29) is 11.8 Å². The lowest BCUT2D eigenvalue weighted by atomic mass is 9.95. The molecule has 2 rings (SSSR count). The summed E-state index contributed by atoms with van der Waals surface area (Å²) in [5.41, 5.74) is 7.44. The number of hydrogen-bond donors (Lipinski definition) is 2. The molecule has 1 fully saturated rings. The Labute approximate surface area is 113 Å². The molecule has 0 aromatic heterocycles. The normalized spacial score (nSPS) is 21.9. The van der Waals surface area contributed by atoms with Gasteiger partial charge >= 0.3 is 0 Å². The standard InChI is InChI=1S/C15H19N3O/c16-9-8-11-4-6-13(7-5-11)18-15(19)14-3-1-2-12(14)10-17/h4-7,12,14H,1-3,8,10,17H2,(H,18,19). The van der Waals surface area contributed by atoms with E-state index in [1.54, 1.807) is 0 Å². The van der Waals surface area contributed by atoms with E-state index >= 15 is 0 Å². The number of amides is 1. The fraction of sp³-hybridized carbons (Fsp3) is 0.467. The number of nitrogens with two attached hydrogens (primary N) is 1. The topological polar surface area (TPSA) is 78.9 Å². The third-order valence-corrected chi connectivity index (χ3v) is 3.80. The maximum Gasteiger partial charge on any atom is 0.227 e. The van der Waals surface area contributed by atoms with Crippen molar-refractivity contribution in [2.45, 2.75) is 25.7 Å². The Hall–Kier alpha value is -1.86. The largest absolute Gasteiger partial charge is 0.330 e. The van der Waals surface area contributed by atoms with Crippen LogP contribution in [0.15, 0.2) is 24.3 Å². The molecule has 4 nitrogen and oxygen atoms in total. The summed E-state index contributed by atoms with van der Waals surface area (Å²) in [6.45, 7) is 0.583. The SMILES string of the molecule is N#CCc1ccc(NC(=O)C2CCCC2CN)cc1. The van der Waals surface area contributed by atoms with Crippen LogP contribution in [0, 0.1) is 23.2 Å². The van der Waals surface area contributed by atoms with Gasteiger partial charge in [0.15, 0.2) is 0 Å². The number of carbonyl (C=O) groups is 1. The number of benzene rings is 1. The van der Waals surface area contributed by atoms with Gasteiger partial charge in [0.05, 0.1) is 12.5 Å².